The predicted molar refractivity (Wildman–Crippen MR) is 61.1 cm³/mol. The largest absolute Gasteiger partial charge is 0.316 e. The van der Waals surface area contributed by atoms with Crippen LogP contribution in [0.15, 0.2) is 24.3 Å². The highest BCUT2D eigenvalue weighted by Crippen LogP contribution is 2.24. The van der Waals surface area contributed by atoms with Crippen molar-refractivity contribution >= 4 is 11.6 Å². The van der Waals surface area contributed by atoms with E-state index in [1.807, 2.05) is 19.1 Å². The van der Waals surface area contributed by atoms with Crippen molar-refractivity contribution in [2.45, 2.75) is 25.9 Å². The first-order chi connectivity index (χ1) is 8.09. The summed E-state index contributed by atoms with van der Waals surface area (Å²) in [6.45, 7) is 2.72. The second-order valence-corrected chi connectivity index (χ2v) is 4.16. The van der Waals surface area contributed by atoms with E-state index < -0.39 is 12.3 Å². The number of fused-ring (bicyclic) bond motifs is 1. The summed E-state index contributed by atoms with van der Waals surface area (Å²) in [7, 11) is 0. The van der Waals surface area contributed by atoms with Gasteiger partial charge in [0, 0.05) is 24.8 Å². The van der Waals surface area contributed by atoms with Crippen LogP contribution in [0.25, 0.3) is 0 Å². The fraction of sp³-hybridized carbons (Fsp3) is 0.417. The number of anilines is 1. The fourth-order valence-electron chi connectivity index (χ4n) is 1.97. The lowest BCUT2D eigenvalue weighted by molar-refractivity contribution is -0.129. The molecule has 5 heteroatoms. The number of rotatable bonds is 1. The summed E-state index contributed by atoms with van der Waals surface area (Å²) in [6.07, 6.45) is -2.96. The van der Waals surface area contributed by atoms with Crippen LogP contribution in [0.4, 0.5) is 14.5 Å². The van der Waals surface area contributed by atoms with Crippen LogP contribution in [-0.4, -0.2) is 24.9 Å². The first kappa shape index (κ1) is 12.0. The van der Waals surface area contributed by atoms with E-state index in [0.29, 0.717) is 12.2 Å². The zero-order chi connectivity index (χ0) is 12.4. The van der Waals surface area contributed by atoms with Gasteiger partial charge in [-0.25, -0.2) is 0 Å². The summed E-state index contributed by atoms with van der Waals surface area (Å²) < 4.78 is 25.1. The number of para-hydroxylation sites is 1. The standard InChI is InChI=1S/C12H14F2N2O/c1-8-7-16(12(17)11(13)14)10-5-3-2-4-9(10)6-15-8/h2-5,8,11,15H,6-7H2,1H3. The molecular formula is C12H14F2N2O. The summed E-state index contributed by atoms with van der Waals surface area (Å²) in [5.74, 6) is -1.13. The van der Waals surface area contributed by atoms with Crippen molar-refractivity contribution in [3.05, 3.63) is 29.8 Å². The summed E-state index contributed by atoms with van der Waals surface area (Å²) in [5.41, 5.74) is 1.44. The lowest BCUT2D eigenvalue weighted by atomic mass is 10.1. The van der Waals surface area contributed by atoms with Gasteiger partial charge in [0.1, 0.15) is 0 Å². The molecule has 17 heavy (non-hydrogen) atoms. The van der Waals surface area contributed by atoms with E-state index in [0.717, 1.165) is 5.56 Å². The van der Waals surface area contributed by atoms with Crippen molar-refractivity contribution in [1.82, 2.24) is 5.32 Å². The predicted octanol–water partition coefficient (Wildman–Crippen LogP) is 1.78. The zero-order valence-electron chi connectivity index (χ0n) is 9.49. The van der Waals surface area contributed by atoms with Gasteiger partial charge in [0.15, 0.2) is 0 Å². The molecule has 0 radical (unpaired) electrons. The minimum absolute atomic E-state index is 0.00917. The Hall–Kier alpha value is -1.49. The third kappa shape index (κ3) is 2.44. The smallest absolute Gasteiger partial charge is 0.308 e. The molecule has 3 nitrogen and oxygen atoms in total. The molecule has 0 aliphatic carbocycles. The van der Waals surface area contributed by atoms with Crippen molar-refractivity contribution < 1.29 is 13.6 Å². The molecule has 1 aromatic carbocycles. The summed E-state index contributed by atoms with van der Waals surface area (Å²) in [5, 5.41) is 3.19. The Morgan fingerprint density at radius 1 is 1.47 bits per heavy atom. The van der Waals surface area contributed by atoms with Crippen LogP contribution >= 0.6 is 0 Å². The van der Waals surface area contributed by atoms with Crippen LogP contribution in [0.3, 0.4) is 0 Å². The average molecular weight is 240 g/mol. The zero-order valence-corrected chi connectivity index (χ0v) is 9.49. The van der Waals surface area contributed by atoms with E-state index in [9.17, 15) is 13.6 Å². The molecule has 0 bridgehead atoms. The van der Waals surface area contributed by atoms with Gasteiger partial charge in [0.25, 0.3) is 5.91 Å². The Balaban J connectivity index is 2.39. The average Bonchev–Trinajstić information content (AvgIpc) is 2.48. The third-order valence-electron chi connectivity index (χ3n) is 2.83. The Morgan fingerprint density at radius 3 is 2.88 bits per heavy atom. The lowest BCUT2D eigenvalue weighted by Gasteiger charge is -2.23. The van der Waals surface area contributed by atoms with Crippen LogP contribution < -0.4 is 10.2 Å². The van der Waals surface area contributed by atoms with Crippen LogP contribution in [0.5, 0.6) is 0 Å². The van der Waals surface area contributed by atoms with Crippen molar-refractivity contribution in [2.24, 2.45) is 0 Å². The van der Waals surface area contributed by atoms with Crippen molar-refractivity contribution in [3.63, 3.8) is 0 Å². The Morgan fingerprint density at radius 2 is 2.18 bits per heavy atom. The fourth-order valence-corrected chi connectivity index (χ4v) is 1.97. The molecule has 0 aromatic heterocycles. The first-order valence-corrected chi connectivity index (χ1v) is 5.50. The molecule has 0 fully saturated rings. The first-order valence-electron chi connectivity index (χ1n) is 5.50. The number of nitrogens with zero attached hydrogens (tertiary/aromatic N) is 1. The summed E-state index contributed by atoms with van der Waals surface area (Å²) in [4.78, 5) is 12.7. The minimum Gasteiger partial charge on any atom is -0.308 e. The second kappa shape index (κ2) is 4.79. The van der Waals surface area contributed by atoms with Gasteiger partial charge >= 0.3 is 6.43 Å². The Kier molecular flexibility index (Phi) is 3.38. The monoisotopic (exact) mass is 240 g/mol. The topological polar surface area (TPSA) is 32.3 Å². The number of benzene rings is 1. The van der Waals surface area contributed by atoms with Crippen LogP contribution in [-0.2, 0) is 11.3 Å². The SMILES string of the molecule is CC1CN(C(=O)C(F)F)c2ccccc2CN1. The van der Waals surface area contributed by atoms with Crippen LogP contribution in [0.1, 0.15) is 12.5 Å². The molecule has 0 spiro atoms. The number of halogens is 2. The van der Waals surface area contributed by atoms with E-state index in [2.05, 4.69) is 5.32 Å². The van der Waals surface area contributed by atoms with E-state index >= 15 is 0 Å². The van der Waals surface area contributed by atoms with Gasteiger partial charge in [-0.05, 0) is 18.6 Å². The molecule has 1 aliphatic heterocycles. The molecule has 2 rings (SSSR count). The number of hydrogen-bond acceptors (Lipinski definition) is 2. The second-order valence-electron chi connectivity index (χ2n) is 4.16. The van der Waals surface area contributed by atoms with E-state index in [1.165, 1.54) is 4.90 Å². The molecule has 1 heterocycles. The maximum absolute atomic E-state index is 12.6. The normalized spacial score (nSPS) is 20.0. The maximum Gasteiger partial charge on any atom is 0.316 e. The molecule has 1 N–H and O–H groups in total. The van der Waals surface area contributed by atoms with Gasteiger partial charge in [0.2, 0.25) is 0 Å². The number of carbonyl (C=O) groups excluding carboxylic acids is 1. The van der Waals surface area contributed by atoms with Gasteiger partial charge in [-0.15, -0.1) is 0 Å². The molecule has 1 aromatic rings. The highest BCUT2D eigenvalue weighted by atomic mass is 19.3. The third-order valence-corrected chi connectivity index (χ3v) is 2.83. The van der Waals surface area contributed by atoms with E-state index in [1.54, 1.807) is 12.1 Å². The van der Waals surface area contributed by atoms with Gasteiger partial charge in [0.05, 0.1) is 0 Å². The Bertz CT molecular complexity index is 423. The molecule has 0 saturated carbocycles. The van der Waals surface area contributed by atoms with Crippen molar-refractivity contribution in [2.75, 3.05) is 11.4 Å². The number of alkyl halides is 2. The van der Waals surface area contributed by atoms with Crippen LogP contribution in [0.2, 0.25) is 0 Å². The molecule has 92 valence electrons. The highest BCUT2D eigenvalue weighted by molar-refractivity contribution is 5.96. The Labute approximate surface area is 98.4 Å². The van der Waals surface area contributed by atoms with Gasteiger partial charge in [-0.2, -0.15) is 8.78 Å². The molecular weight excluding hydrogens is 226 g/mol. The van der Waals surface area contributed by atoms with Gasteiger partial charge in [-0.3, -0.25) is 4.79 Å². The highest BCUT2D eigenvalue weighted by Gasteiger charge is 2.29. The summed E-state index contributed by atoms with van der Waals surface area (Å²) in [6, 6.07) is 7.12. The van der Waals surface area contributed by atoms with E-state index in [4.69, 9.17) is 0 Å². The number of nitrogens with one attached hydrogen (secondary N) is 1. The molecule has 1 atom stereocenters. The number of amides is 1. The molecule has 1 amide bonds. The number of carbonyl (C=O) groups is 1. The molecule has 0 saturated heterocycles. The lowest BCUT2D eigenvalue weighted by Crippen LogP contribution is -2.42. The van der Waals surface area contributed by atoms with Gasteiger partial charge in [-0.1, -0.05) is 18.2 Å². The van der Waals surface area contributed by atoms with Crippen molar-refractivity contribution in [1.29, 1.82) is 0 Å². The molecule has 1 aliphatic rings. The van der Waals surface area contributed by atoms with Crippen LogP contribution in [0, 0.1) is 0 Å². The van der Waals surface area contributed by atoms with E-state index in [-0.39, 0.29) is 12.6 Å². The quantitative estimate of drug-likeness (QED) is 0.811. The maximum atomic E-state index is 12.6. The van der Waals surface area contributed by atoms with Gasteiger partial charge < -0.3 is 10.2 Å². The molecule has 1 unspecified atom stereocenters. The number of hydrogen-bond donors (Lipinski definition) is 1. The minimum atomic E-state index is -2.96. The summed E-state index contributed by atoms with van der Waals surface area (Å²) >= 11 is 0. The van der Waals surface area contributed by atoms with Crippen molar-refractivity contribution in [3.8, 4) is 0 Å².